The summed E-state index contributed by atoms with van der Waals surface area (Å²) >= 11 is 0. The molecule has 0 amide bonds. The Morgan fingerprint density at radius 3 is 1.10 bits per heavy atom. The number of hydrogen-bond donors (Lipinski definition) is 0. The van der Waals surface area contributed by atoms with Crippen LogP contribution in [-0.4, -0.2) is 11.2 Å². The Morgan fingerprint density at radius 2 is 0.905 bits per heavy atom. The summed E-state index contributed by atoms with van der Waals surface area (Å²) in [7, 11) is 0. The predicted octanol–water partition coefficient (Wildman–Crippen LogP) is 6.39. The van der Waals surface area contributed by atoms with Crippen molar-refractivity contribution >= 4 is 0 Å². The summed E-state index contributed by atoms with van der Waals surface area (Å²) in [5, 5.41) is 0. The van der Waals surface area contributed by atoms with Gasteiger partial charge in [0.15, 0.2) is 0 Å². The maximum Gasteiger partial charge on any atom is 0.106 e. The zero-order chi connectivity index (χ0) is 16.2. The van der Waals surface area contributed by atoms with E-state index >= 15 is 0 Å². The van der Waals surface area contributed by atoms with E-state index in [2.05, 4.69) is 90.2 Å². The van der Waals surface area contributed by atoms with Crippen molar-refractivity contribution in [1.82, 2.24) is 0 Å². The highest BCUT2D eigenvalue weighted by Gasteiger charge is 2.34. The first-order chi connectivity index (χ1) is 10.1. The third-order valence-electron chi connectivity index (χ3n) is 3.46. The first-order valence-electron chi connectivity index (χ1n) is 8.33. The summed E-state index contributed by atoms with van der Waals surface area (Å²) in [6.45, 7) is 12.7. The minimum Gasteiger partial charge on any atom is -0.352 e. The molecule has 21 heavy (non-hydrogen) atoms. The van der Waals surface area contributed by atoms with Crippen LogP contribution in [0.15, 0.2) is 48.6 Å². The van der Waals surface area contributed by atoms with Crippen LogP contribution in [-0.2, 0) is 4.74 Å². The van der Waals surface area contributed by atoms with E-state index < -0.39 is 0 Å². The van der Waals surface area contributed by atoms with Crippen LogP contribution in [0.25, 0.3) is 0 Å². The standard InChI is InChI=1S/C20H34O/c1-7-13-19(14-8-2,15-9-3)21-20(16-10-4,17-11-5)18-12-6/h7-8,10-11,13-14,16-17H,9,12,15,18H2,1-6H3/b13-7-,14-8-,16-10-,17-11-. The molecule has 0 fully saturated rings. The minimum absolute atomic E-state index is 0.327. The molecule has 0 bridgehead atoms. The molecule has 0 aromatic carbocycles. The van der Waals surface area contributed by atoms with Crippen molar-refractivity contribution < 1.29 is 4.74 Å². The Hall–Kier alpha value is -1.08. The molecule has 0 heterocycles. The van der Waals surface area contributed by atoms with Gasteiger partial charge in [-0.05, 0) is 40.5 Å². The van der Waals surface area contributed by atoms with Gasteiger partial charge in [-0.15, -0.1) is 0 Å². The molecule has 0 aliphatic carbocycles. The second-order valence-corrected chi connectivity index (χ2v) is 5.51. The molecule has 0 aliphatic heterocycles. The van der Waals surface area contributed by atoms with E-state index in [0.717, 1.165) is 25.7 Å². The van der Waals surface area contributed by atoms with Crippen molar-refractivity contribution in [1.29, 1.82) is 0 Å². The number of ether oxygens (including phenoxy) is 1. The molecule has 1 nitrogen and oxygen atoms in total. The lowest BCUT2D eigenvalue weighted by Crippen LogP contribution is -2.40. The lowest BCUT2D eigenvalue weighted by atomic mass is 9.91. The average Bonchev–Trinajstić information content (AvgIpc) is 2.40. The fraction of sp³-hybridized carbons (Fsp3) is 0.600. The number of rotatable bonds is 10. The van der Waals surface area contributed by atoms with Gasteiger partial charge in [0.05, 0.1) is 0 Å². The fourth-order valence-corrected chi connectivity index (χ4v) is 2.95. The van der Waals surface area contributed by atoms with Gasteiger partial charge < -0.3 is 4.74 Å². The van der Waals surface area contributed by atoms with E-state index in [9.17, 15) is 0 Å². The molecule has 0 aromatic rings. The highest BCUT2D eigenvalue weighted by Crippen LogP contribution is 2.33. The Morgan fingerprint density at radius 1 is 0.619 bits per heavy atom. The van der Waals surface area contributed by atoms with Crippen molar-refractivity contribution in [2.45, 2.75) is 78.4 Å². The van der Waals surface area contributed by atoms with Gasteiger partial charge >= 0.3 is 0 Å². The molecule has 0 atom stereocenters. The van der Waals surface area contributed by atoms with Crippen LogP contribution in [0.3, 0.4) is 0 Å². The zero-order valence-electron chi connectivity index (χ0n) is 14.9. The van der Waals surface area contributed by atoms with E-state index in [-0.39, 0.29) is 11.2 Å². The topological polar surface area (TPSA) is 9.23 Å². The van der Waals surface area contributed by atoms with Crippen LogP contribution < -0.4 is 0 Å². The third-order valence-corrected chi connectivity index (χ3v) is 3.46. The van der Waals surface area contributed by atoms with Crippen LogP contribution in [0.2, 0.25) is 0 Å². The molecular formula is C20H34O. The van der Waals surface area contributed by atoms with E-state index in [1.165, 1.54) is 0 Å². The van der Waals surface area contributed by atoms with Crippen LogP contribution in [0.4, 0.5) is 0 Å². The van der Waals surface area contributed by atoms with Crippen LogP contribution >= 0.6 is 0 Å². The Labute approximate surface area is 132 Å². The molecule has 120 valence electrons. The highest BCUT2D eigenvalue weighted by atomic mass is 16.5. The van der Waals surface area contributed by atoms with Gasteiger partial charge in [0, 0.05) is 0 Å². The smallest absolute Gasteiger partial charge is 0.106 e. The zero-order valence-corrected chi connectivity index (χ0v) is 14.9. The molecule has 0 rings (SSSR count). The summed E-state index contributed by atoms with van der Waals surface area (Å²) in [5.74, 6) is 0. The van der Waals surface area contributed by atoms with Crippen molar-refractivity contribution in [2.24, 2.45) is 0 Å². The molecule has 0 N–H and O–H groups in total. The molecule has 0 unspecified atom stereocenters. The first-order valence-corrected chi connectivity index (χ1v) is 8.33. The van der Waals surface area contributed by atoms with E-state index in [0.29, 0.717) is 0 Å². The van der Waals surface area contributed by atoms with Crippen molar-refractivity contribution in [3.63, 3.8) is 0 Å². The lowest BCUT2D eigenvalue weighted by Gasteiger charge is -2.39. The van der Waals surface area contributed by atoms with Gasteiger partial charge in [0.2, 0.25) is 0 Å². The summed E-state index contributed by atoms with van der Waals surface area (Å²) in [4.78, 5) is 0. The van der Waals surface area contributed by atoms with Gasteiger partial charge in [-0.1, -0.05) is 75.3 Å². The van der Waals surface area contributed by atoms with Gasteiger partial charge in [-0.25, -0.2) is 0 Å². The van der Waals surface area contributed by atoms with E-state index in [1.807, 2.05) is 0 Å². The molecule has 1 heteroatoms. The highest BCUT2D eigenvalue weighted by molar-refractivity contribution is 5.21. The average molecular weight is 290 g/mol. The number of allylic oxidation sites excluding steroid dienone is 4. The van der Waals surface area contributed by atoms with E-state index in [1.54, 1.807) is 0 Å². The van der Waals surface area contributed by atoms with Crippen LogP contribution in [0, 0.1) is 0 Å². The monoisotopic (exact) mass is 290 g/mol. The predicted molar refractivity (Wildman–Crippen MR) is 95.6 cm³/mol. The molecular weight excluding hydrogens is 256 g/mol. The third kappa shape index (κ3) is 6.48. The van der Waals surface area contributed by atoms with Gasteiger partial charge in [0.1, 0.15) is 11.2 Å². The van der Waals surface area contributed by atoms with Gasteiger partial charge in [-0.2, -0.15) is 0 Å². The van der Waals surface area contributed by atoms with Crippen molar-refractivity contribution in [3.05, 3.63) is 48.6 Å². The molecule has 0 saturated heterocycles. The lowest BCUT2D eigenvalue weighted by molar-refractivity contribution is -0.0643. The quantitative estimate of drug-likeness (QED) is 0.424. The molecule has 0 spiro atoms. The summed E-state index contributed by atoms with van der Waals surface area (Å²) in [6, 6.07) is 0. The van der Waals surface area contributed by atoms with Crippen LogP contribution in [0.5, 0.6) is 0 Å². The van der Waals surface area contributed by atoms with Gasteiger partial charge in [0.25, 0.3) is 0 Å². The Bertz CT molecular complexity index is 311. The molecule has 0 aromatic heterocycles. The SMILES string of the molecule is C/C=C\C(/C=C\C)(CCC)OC(/C=C\C)(/C=C\C)CCC. The second-order valence-electron chi connectivity index (χ2n) is 5.51. The maximum atomic E-state index is 6.72. The molecule has 0 saturated carbocycles. The first kappa shape index (κ1) is 19.9. The second kappa shape index (κ2) is 10.6. The summed E-state index contributed by atoms with van der Waals surface area (Å²) in [5.41, 5.74) is -0.654. The molecule has 0 radical (unpaired) electrons. The van der Waals surface area contributed by atoms with Crippen LogP contribution in [0.1, 0.15) is 67.2 Å². The van der Waals surface area contributed by atoms with Crippen molar-refractivity contribution in [2.75, 3.05) is 0 Å². The number of hydrogen-bond acceptors (Lipinski definition) is 1. The largest absolute Gasteiger partial charge is 0.352 e. The summed E-state index contributed by atoms with van der Waals surface area (Å²) in [6.07, 6.45) is 21.3. The molecule has 0 aliphatic rings. The minimum atomic E-state index is -0.327. The summed E-state index contributed by atoms with van der Waals surface area (Å²) < 4.78 is 6.72. The van der Waals surface area contributed by atoms with Crippen molar-refractivity contribution in [3.8, 4) is 0 Å². The maximum absolute atomic E-state index is 6.72. The Kier molecular flexibility index (Phi) is 10.1. The normalized spacial score (nSPS) is 14.4. The van der Waals surface area contributed by atoms with E-state index in [4.69, 9.17) is 4.74 Å². The van der Waals surface area contributed by atoms with Gasteiger partial charge in [-0.3, -0.25) is 0 Å². The fourth-order valence-electron chi connectivity index (χ4n) is 2.95. The Balaban J connectivity index is 5.76.